The van der Waals surface area contributed by atoms with Crippen LogP contribution in [0.15, 0.2) is 121 Å². The lowest BCUT2D eigenvalue weighted by molar-refractivity contribution is 0.191. The number of benzene rings is 6. The predicted octanol–water partition coefficient (Wildman–Crippen LogP) is 16.0. The molecule has 5 atom stereocenters. The van der Waals surface area contributed by atoms with Gasteiger partial charge >= 0.3 is 0 Å². The fourth-order valence-corrected chi connectivity index (χ4v) is 13.4. The van der Waals surface area contributed by atoms with Gasteiger partial charge in [-0.05, 0) is 165 Å². The summed E-state index contributed by atoms with van der Waals surface area (Å²) in [6.45, 7) is 14.3. The number of hydrogen-bond donors (Lipinski definition) is 0. The molecule has 0 amide bonds. The Hall–Kier alpha value is -4.62. The van der Waals surface area contributed by atoms with Gasteiger partial charge in [0.05, 0.1) is 5.69 Å². The van der Waals surface area contributed by atoms with Crippen molar-refractivity contribution in [2.45, 2.75) is 121 Å². The van der Waals surface area contributed by atoms with E-state index in [1.807, 2.05) is 0 Å². The molecule has 294 valence electrons. The Morgan fingerprint density at radius 2 is 1.21 bits per heavy atom. The molecule has 58 heavy (non-hydrogen) atoms. The Morgan fingerprint density at radius 3 is 1.95 bits per heavy atom. The molecule has 12 rings (SSSR count). The summed E-state index contributed by atoms with van der Waals surface area (Å²) in [6, 6.07) is 48.2. The van der Waals surface area contributed by atoms with Crippen molar-refractivity contribution in [1.29, 1.82) is 0 Å². The standard InChI is InChI=1S/C57H61N/c1-55(2,3)40-32-41(56(4,5)6)34-44(33-40)58(53-25-13-11-21-48(53)49-23-15-19-38-18-14-22-45(54(38)49)37-16-8-7-9-17-37)43-26-27-47-46-20-10-12-24-50(46)57(52(47)35-43)42-29-36-28-39(31-42)51(57)30-36/h10-15,18-27,32-37,39,42,51H,7-9,16-17,28-31H2,1-6H3. The molecule has 1 nitrogen and oxygen atoms in total. The number of anilines is 3. The normalized spacial score (nSPS) is 24.8. The molecule has 5 fully saturated rings. The SMILES string of the molecule is CC(C)(C)c1cc(N(c2ccc3c(c2)C2(c4ccccc4-3)C3CC4CC(C3)C2C4)c2ccccc2-c2cccc3cccc(C4CCCCC4)c23)cc(C(C)(C)C)c1. The lowest BCUT2D eigenvalue weighted by Crippen LogP contribution is -2.40. The van der Waals surface area contributed by atoms with Crippen LogP contribution < -0.4 is 4.90 Å². The van der Waals surface area contributed by atoms with Crippen molar-refractivity contribution in [3.8, 4) is 22.3 Å². The molecule has 0 saturated heterocycles. The van der Waals surface area contributed by atoms with Crippen molar-refractivity contribution in [3.63, 3.8) is 0 Å². The van der Waals surface area contributed by atoms with Crippen molar-refractivity contribution >= 4 is 27.8 Å². The van der Waals surface area contributed by atoms with Gasteiger partial charge in [0.25, 0.3) is 0 Å². The van der Waals surface area contributed by atoms with Crippen LogP contribution in [0.2, 0.25) is 0 Å². The fourth-order valence-electron chi connectivity index (χ4n) is 13.4. The maximum Gasteiger partial charge on any atom is 0.0540 e. The van der Waals surface area contributed by atoms with Gasteiger partial charge in [-0.15, -0.1) is 0 Å². The average molecular weight is 760 g/mol. The van der Waals surface area contributed by atoms with E-state index < -0.39 is 0 Å². The second kappa shape index (κ2) is 13.2. The van der Waals surface area contributed by atoms with Gasteiger partial charge in [0.15, 0.2) is 0 Å². The predicted molar refractivity (Wildman–Crippen MR) is 246 cm³/mol. The van der Waals surface area contributed by atoms with Gasteiger partial charge in [0.2, 0.25) is 0 Å². The van der Waals surface area contributed by atoms with Gasteiger partial charge in [0, 0.05) is 22.4 Å². The molecule has 1 heteroatoms. The van der Waals surface area contributed by atoms with E-state index in [2.05, 4.69) is 168 Å². The zero-order chi connectivity index (χ0) is 39.6. The van der Waals surface area contributed by atoms with E-state index in [4.69, 9.17) is 0 Å². The summed E-state index contributed by atoms with van der Waals surface area (Å²) in [6.07, 6.45) is 12.3. The van der Waals surface area contributed by atoms with Gasteiger partial charge in [-0.2, -0.15) is 0 Å². The Bertz CT molecular complexity index is 2530. The first-order chi connectivity index (χ1) is 28.0. The molecule has 0 aliphatic heterocycles. The quantitative estimate of drug-likeness (QED) is 0.169. The Kier molecular flexibility index (Phi) is 8.29. The van der Waals surface area contributed by atoms with Crippen LogP contribution in [-0.2, 0) is 16.2 Å². The third-order valence-electron chi connectivity index (χ3n) is 15.9. The van der Waals surface area contributed by atoms with Crippen molar-refractivity contribution in [2.75, 3.05) is 4.90 Å². The molecule has 6 aliphatic rings. The van der Waals surface area contributed by atoms with E-state index in [1.165, 1.54) is 119 Å². The molecule has 1 spiro atoms. The molecule has 5 unspecified atom stereocenters. The van der Waals surface area contributed by atoms with Crippen molar-refractivity contribution in [2.24, 2.45) is 23.7 Å². The maximum absolute atomic E-state index is 2.69. The number of fused-ring (bicyclic) bond motifs is 4. The molecule has 0 N–H and O–H groups in total. The van der Waals surface area contributed by atoms with Gasteiger partial charge in [0.1, 0.15) is 0 Å². The number of nitrogens with zero attached hydrogens (tertiary/aromatic N) is 1. The van der Waals surface area contributed by atoms with Crippen LogP contribution in [0.3, 0.4) is 0 Å². The largest absolute Gasteiger partial charge is 0.310 e. The minimum Gasteiger partial charge on any atom is -0.310 e. The van der Waals surface area contributed by atoms with Crippen LogP contribution >= 0.6 is 0 Å². The van der Waals surface area contributed by atoms with Gasteiger partial charge in [-0.25, -0.2) is 0 Å². The lowest BCUT2D eigenvalue weighted by atomic mass is 9.59. The zero-order valence-corrected chi connectivity index (χ0v) is 35.7. The Balaban J connectivity index is 1.18. The number of para-hydroxylation sites is 1. The molecule has 0 heterocycles. The smallest absolute Gasteiger partial charge is 0.0540 e. The first-order valence-electron chi connectivity index (χ1n) is 22.8. The van der Waals surface area contributed by atoms with Crippen LogP contribution in [0, 0.1) is 23.7 Å². The summed E-state index contributed by atoms with van der Waals surface area (Å²) < 4.78 is 0. The molecule has 0 aromatic heterocycles. The molecule has 4 bridgehead atoms. The van der Waals surface area contributed by atoms with Crippen LogP contribution in [0.1, 0.15) is 133 Å². The van der Waals surface area contributed by atoms with Crippen LogP contribution in [0.25, 0.3) is 33.0 Å². The van der Waals surface area contributed by atoms with Crippen molar-refractivity contribution < 1.29 is 0 Å². The third-order valence-corrected chi connectivity index (χ3v) is 15.9. The zero-order valence-electron chi connectivity index (χ0n) is 35.7. The van der Waals surface area contributed by atoms with Crippen LogP contribution in [0.4, 0.5) is 17.1 Å². The molecule has 6 aromatic rings. The molecule has 6 aromatic carbocycles. The number of rotatable bonds is 5. The molecule has 0 radical (unpaired) electrons. The fraction of sp³-hybridized carbons (Fsp3) is 0.404. The Labute approximate surface area is 347 Å². The molecular weight excluding hydrogens is 699 g/mol. The van der Waals surface area contributed by atoms with E-state index in [-0.39, 0.29) is 16.2 Å². The molecular formula is C57H61N. The molecule has 6 aliphatic carbocycles. The minimum absolute atomic E-state index is 0.00252. The van der Waals surface area contributed by atoms with Crippen molar-refractivity contribution in [3.05, 3.63) is 149 Å². The summed E-state index contributed by atoms with van der Waals surface area (Å²) in [5.41, 5.74) is 17.1. The van der Waals surface area contributed by atoms with E-state index in [1.54, 1.807) is 16.7 Å². The van der Waals surface area contributed by atoms with Gasteiger partial charge in [-0.1, -0.05) is 152 Å². The highest BCUT2D eigenvalue weighted by molar-refractivity contribution is 6.03. The maximum atomic E-state index is 2.69. The summed E-state index contributed by atoms with van der Waals surface area (Å²) in [5, 5.41) is 2.80. The van der Waals surface area contributed by atoms with E-state index in [0.717, 1.165) is 23.7 Å². The van der Waals surface area contributed by atoms with Crippen molar-refractivity contribution in [1.82, 2.24) is 0 Å². The highest BCUT2D eigenvalue weighted by atomic mass is 15.1. The van der Waals surface area contributed by atoms with E-state index >= 15 is 0 Å². The topological polar surface area (TPSA) is 3.24 Å². The number of hydrogen-bond acceptors (Lipinski definition) is 1. The van der Waals surface area contributed by atoms with Crippen LogP contribution in [-0.4, -0.2) is 0 Å². The first-order valence-corrected chi connectivity index (χ1v) is 22.8. The summed E-state index contributed by atoms with van der Waals surface area (Å²) in [7, 11) is 0. The monoisotopic (exact) mass is 759 g/mol. The molecule has 5 saturated carbocycles. The van der Waals surface area contributed by atoms with E-state index in [9.17, 15) is 0 Å². The summed E-state index contributed by atoms with van der Waals surface area (Å²) in [5.74, 6) is 3.90. The highest BCUT2D eigenvalue weighted by Crippen LogP contribution is 2.73. The minimum atomic E-state index is -0.00252. The summed E-state index contributed by atoms with van der Waals surface area (Å²) in [4.78, 5) is 2.67. The third kappa shape index (κ3) is 5.47. The summed E-state index contributed by atoms with van der Waals surface area (Å²) >= 11 is 0. The highest BCUT2D eigenvalue weighted by Gasteiger charge is 2.66. The second-order valence-electron chi connectivity index (χ2n) is 21.2. The van der Waals surface area contributed by atoms with E-state index in [0.29, 0.717) is 5.92 Å². The first kappa shape index (κ1) is 36.5. The van der Waals surface area contributed by atoms with Crippen LogP contribution in [0.5, 0.6) is 0 Å². The van der Waals surface area contributed by atoms with Gasteiger partial charge < -0.3 is 4.90 Å². The van der Waals surface area contributed by atoms with Gasteiger partial charge in [-0.3, -0.25) is 0 Å². The average Bonchev–Trinajstić information content (AvgIpc) is 3.77. The Morgan fingerprint density at radius 1 is 0.534 bits per heavy atom. The second-order valence-corrected chi connectivity index (χ2v) is 21.2. The lowest BCUT2D eigenvalue weighted by Gasteiger charge is -2.44.